The molecule has 1 aromatic heterocycles. The molecule has 3 N–H and O–H groups in total. The lowest BCUT2D eigenvalue weighted by Crippen LogP contribution is -2.33. The minimum Gasteiger partial charge on any atom is -0.368 e. The van der Waals surface area contributed by atoms with Crippen molar-refractivity contribution < 1.29 is 13.6 Å². The average Bonchev–Trinajstić information content (AvgIpc) is 2.68. The maximum atomic E-state index is 13.5. The number of hydrogen-bond acceptors (Lipinski definition) is 5. The van der Waals surface area contributed by atoms with Gasteiger partial charge in [0.2, 0.25) is 0 Å². The maximum Gasteiger partial charge on any atom is 0.319 e. The average molecular weight is 390 g/mol. The van der Waals surface area contributed by atoms with Crippen LogP contribution in [-0.2, 0) is 0 Å². The van der Waals surface area contributed by atoms with E-state index in [9.17, 15) is 13.6 Å². The Morgan fingerprint density at radius 3 is 2.64 bits per heavy atom. The summed E-state index contributed by atoms with van der Waals surface area (Å²) in [6.45, 7) is 4.59. The number of piperidine rings is 1. The van der Waals surface area contributed by atoms with E-state index < -0.39 is 17.7 Å². The minimum absolute atomic E-state index is 0.0792. The number of carbonyl (C=O) groups excluding carboxylic acids is 1. The number of nitrogens with zero attached hydrogens (tertiary/aromatic N) is 3. The Morgan fingerprint density at radius 1 is 1.11 bits per heavy atom. The quantitative estimate of drug-likeness (QED) is 0.660. The highest BCUT2D eigenvalue weighted by Gasteiger charge is 2.14. The first-order chi connectivity index (χ1) is 13.5. The molecule has 1 saturated heterocycles. The second-order valence-electron chi connectivity index (χ2n) is 6.64. The summed E-state index contributed by atoms with van der Waals surface area (Å²) in [5.41, 5.74) is -0.0792. The first kappa shape index (κ1) is 19.8. The van der Waals surface area contributed by atoms with Crippen LogP contribution in [0.15, 0.2) is 24.3 Å². The smallest absolute Gasteiger partial charge is 0.319 e. The number of hydrogen-bond donors (Lipinski definition) is 3. The van der Waals surface area contributed by atoms with Gasteiger partial charge in [-0.2, -0.15) is 0 Å². The second kappa shape index (κ2) is 9.29. The van der Waals surface area contributed by atoms with Crippen molar-refractivity contribution in [2.45, 2.75) is 26.2 Å². The van der Waals surface area contributed by atoms with Crippen molar-refractivity contribution in [1.82, 2.24) is 15.3 Å². The number of aryl methyl sites for hydroxylation is 1. The van der Waals surface area contributed by atoms with Crippen LogP contribution < -0.4 is 20.9 Å². The van der Waals surface area contributed by atoms with Crippen LogP contribution in [0.25, 0.3) is 0 Å². The van der Waals surface area contributed by atoms with Gasteiger partial charge in [-0.15, -0.1) is 0 Å². The van der Waals surface area contributed by atoms with E-state index in [0.29, 0.717) is 30.8 Å². The molecule has 0 bridgehead atoms. The Morgan fingerprint density at radius 2 is 1.89 bits per heavy atom. The molecule has 1 aliphatic heterocycles. The third kappa shape index (κ3) is 5.51. The summed E-state index contributed by atoms with van der Waals surface area (Å²) < 4.78 is 26.4. The molecule has 28 heavy (non-hydrogen) atoms. The number of carbonyl (C=O) groups is 1. The van der Waals surface area contributed by atoms with Crippen LogP contribution >= 0.6 is 0 Å². The lowest BCUT2D eigenvalue weighted by molar-refractivity contribution is 0.252. The first-order valence-corrected chi connectivity index (χ1v) is 9.36. The number of urea groups is 1. The predicted octanol–water partition coefficient (Wildman–Crippen LogP) is 3.29. The van der Waals surface area contributed by atoms with Gasteiger partial charge in [-0.3, -0.25) is 0 Å². The highest BCUT2D eigenvalue weighted by molar-refractivity contribution is 5.89. The normalized spacial score (nSPS) is 13.9. The molecule has 1 aromatic carbocycles. The van der Waals surface area contributed by atoms with E-state index >= 15 is 0 Å². The number of amides is 2. The fourth-order valence-electron chi connectivity index (χ4n) is 3.05. The molecule has 150 valence electrons. The van der Waals surface area contributed by atoms with Gasteiger partial charge in [0.1, 0.15) is 29.1 Å². The zero-order valence-electron chi connectivity index (χ0n) is 15.8. The molecular weight excluding hydrogens is 366 g/mol. The monoisotopic (exact) mass is 390 g/mol. The van der Waals surface area contributed by atoms with E-state index in [0.717, 1.165) is 25.0 Å². The zero-order valence-corrected chi connectivity index (χ0v) is 15.8. The van der Waals surface area contributed by atoms with Crippen LogP contribution in [0.2, 0.25) is 0 Å². The third-order valence-electron chi connectivity index (χ3n) is 4.40. The third-order valence-corrected chi connectivity index (χ3v) is 4.40. The highest BCUT2D eigenvalue weighted by atomic mass is 19.1. The largest absolute Gasteiger partial charge is 0.368 e. The molecule has 0 atom stereocenters. The van der Waals surface area contributed by atoms with Gasteiger partial charge in [-0.25, -0.2) is 23.5 Å². The van der Waals surface area contributed by atoms with Crippen molar-refractivity contribution in [2.24, 2.45) is 0 Å². The van der Waals surface area contributed by atoms with Crippen molar-refractivity contribution in [1.29, 1.82) is 0 Å². The predicted molar refractivity (Wildman–Crippen MR) is 105 cm³/mol. The van der Waals surface area contributed by atoms with Crippen LogP contribution in [-0.4, -0.2) is 42.2 Å². The van der Waals surface area contributed by atoms with Gasteiger partial charge in [-0.1, -0.05) is 0 Å². The van der Waals surface area contributed by atoms with Gasteiger partial charge < -0.3 is 20.9 Å². The number of rotatable bonds is 6. The lowest BCUT2D eigenvalue weighted by Gasteiger charge is -2.28. The zero-order chi connectivity index (χ0) is 19.9. The van der Waals surface area contributed by atoms with Crippen LogP contribution in [0.4, 0.5) is 30.9 Å². The fourth-order valence-corrected chi connectivity index (χ4v) is 3.05. The number of halogens is 2. The fraction of sp³-hybridized carbons (Fsp3) is 0.421. The van der Waals surface area contributed by atoms with Crippen molar-refractivity contribution in [3.05, 3.63) is 41.7 Å². The molecular formula is C19H24F2N6O. The minimum atomic E-state index is -0.824. The topological polar surface area (TPSA) is 82.2 Å². The van der Waals surface area contributed by atoms with Gasteiger partial charge in [0.25, 0.3) is 0 Å². The van der Waals surface area contributed by atoms with E-state index in [2.05, 4.69) is 30.8 Å². The molecule has 0 aliphatic carbocycles. The molecule has 1 fully saturated rings. The molecule has 0 radical (unpaired) electrons. The van der Waals surface area contributed by atoms with Crippen LogP contribution in [0.5, 0.6) is 0 Å². The maximum absolute atomic E-state index is 13.5. The lowest BCUT2D eigenvalue weighted by atomic mass is 10.1. The first-order valence-electron chi connectivity index (χ1n) is 9.36. The molecule has 1 aliphatic rings. The Kier molecular flexibility index (Phi) is 6.57. The Hall–Kier alpha value is -2.97. The van der Waals surface area contributed by atoms with Crippen LogP contribution in [0.1, 0.15) is 25.1 Å². The summed E-state index contributed by atoms with van der Waals surface area (Å²) in [7, 11) is 0. The van der Waals surface area contributed by atoms with Gasteiger partial charge in [0, 0.05) is 38.3 Å². The summed E-state index contributed by atoms with van der Waals surface area (Å²) >= 11 is 0. The van der Waals surface area contributed by atoms with E-state index in [1.54, 1.807) is 0 Å². The van der Waals surface area contributed by atoms with Crippen molar-refractivity contribution in [2.75, 3.05) is 41.7 Å². The van der Waals surface area contributed by atoms with E-state index in [1.165, 1.54) is 25.3 Å². The number of benzene rings is 1. The Bertz CT molecular complexity index is 826. The number of aromatic nitrogens is 2. The summed E-state index contributed by atoms with van der Waals surface area (Å²) in [4.78, 5) is 23.0. The molecule has 0 spiro atoms. The van der Waals surface area contributed by atoms with Crippen LogP contribution in [0, 0.1) is 18.6 Å². The summed E-state index contributed by atoms with van der Waals surface area (Å²) in [6, 6.07) is 4.31. The van der Waals surface area contributed by atoms with Crippen molar-refractivity contribution in [3.63, 3.8) is 0 Å². The van der Waals surface area contributed by atoms with Gasteiger partial charge in [0.05, 0.1) is 5.69 Å². The number of nitrogens with one attached hydrogen (secondary N) is 3. The molecule has 7 nitrogen and oxygen atoms in total. The summed E-state index contributed by atoms with van der Waals surface area (Å²) in [5, 5.41) is 8.11. The molecule has 3 rings (SSSR count). The van der Waals surface area contributed by atoms with Crippen molar-refractivity contribution in [3.8, 4) is 0 Å². The van der Waals surface area contributed by atoms with Crippen LogP contribution in [0.3, 0.4) is 0 Å². The standard InChI is InChI=1S/C19H24F2N6O/c1-13-24-17(12-18(25-13)27-9-3-2-4-10-27)22-7-8-23-19(28)26-16-6-5-14(20)11-15(16)21/h5-6,11-12H,2-4,7-10H2,1H3,(H,22,24,25)(H2,23,26,28). The van der Waals surface area contributed by atoms with Gasteiger partial charge in [-0.05, 0) is 38.3 Å². The Labute approximate surface area is 162 Å². The summed E-state index contributed by atoms with van der Waals surface area (Å²) in [6.07, 6.45) is 3.58. The van der Waals surface area contributed by atoms with E-state index in [-0.39, 0.29) is 5.69 Å². The molecule has 2 heterocycles. The highest BCUT2D eigenvalue weighted by Crippen LogP contribution is 2.20. The van der Waals surface area contributed by atoms with Gasteiger partial charge >= 0.3 is 6.03 Å². The Balaban J connectivity index is 1.47. The molecule has 0 unspecified atom stereocenters. The van der Waals surface area contributed by atoms with E-state index in [4.69, 9.17) is 0 Å². The van der Waals surface area contributed by atoms with Gasteiger partial charge in [0.15, 0.2) is 0 Å². The second-order valence-corrected chi connectivity index (χ2v) is 6.64. The summed E-state index contributed by atoms with van der Waals surface area (Å²) in [5.74, 6) is 0.766. The number of anilines is 3. The molecule has 9 heteroatoms. The molecule has 2 amide bonds. The molecule has 2 aromatic rings. The van der Waals surface area contributed by atoms with Crippen molar-refractivity contribution >= 4 is 23.4 Å². The van der Waals surface area contributed by atoms with E-state index in [1.807, 2.05) is 13.0 Å². The molecule has 0 saturated carbocycles. The SMILES string of the molecule is Cc1nc(NCCNC(=O)Nc2ccc(F)cc2F)cc(N2CCCCC2)n1.